The molecule has 9 heteroatoms. The Morgan fingerprint density at radius 1 is 0.889 bits per heavy atom. The molecule has 1 aliphatic carbocycles. The lowest BCUT2D eigenvalue weighted by Crippen LogP contribution is -2.30. The molecule has 2 fully saturated rings. The highest BCUT2D eigenvalue weighted by Gasteiger charge is 2.29. The maximum atomic E-state index is 13.1. The summed E-state index contributed by atoms with van der Waals surface area (Å²) in [7, 11) is 0. The summed E-state index contributed by atoms with van der Waals surface area (Å²) in [6.45, 7) is 2.04. The first-order chi connectivity index (χ1) is 17.6. The maximum Gasteiger partial charge on any atom is 0.276 e. The molecule has 1 aromatic carbocycles. The lowest BCUT2D eigenvalue weighted by atomic mass is 10.0. The average Bonchev–Trinajstić information content (AvgIpc) is 3.69. The van der Waals surface area contributed by atoms with Gasteiger partial charge in [0.1, 0.15) is 5.82 Å². The Morgan fingerprint density at radius 3 is 2.53 bits per heavy atom. The van der Waals surface area contributed by atoms with Gasteiger partial charge in [0.15, 0.2) is 5.69 Å². The number of aromatic amines is 1. The molecular formula is C27H27N7O2. The molecule has 4 aromatic rings. The van der Waals surface area contributed by atoms with Crippen molar-refractivity contribution in [2.75, 3.05) is 28.6 Å². The second kappa shape index (κ2) is 9.41. The molecule has 1 saturated heterocycles. The summed E-state index contributed by atoms with van der Waals surface area (Å²) in [5.41, 5.74) is 4.06. The minimum absolute atomic E-state index is 0.0386. The first kappa shape index (κ1) is 22.2. The first-order valence-electron chi connectivity index (χ1n) is 12.4. The Balaban J connectivity index is 1.20. The predicted octanol–water partition coefficient (Wildman–Crippen LogP) is 4.61. The summed E-state index contributed by atoms with van der Waals surface area (Å²) in [4.78, 5) is 36.3. The van der Waals surface area contributed by atoms with E-state index in [0.29, 0.717) is 22.5 Å². The maximum absolute atomic E-state index is 13.1. The molecule has 1 saturated carbocycles. The minimum Gasteiger partial charge on any atom is -0.357 e. The van der Waals surface area contributed by atoms with Gasteiger partial charge in [0, 0.05) is 36.2 Å². The van der Waals surface area contributed by atoms with E-state index in [9.17, 15) is 9.59 Å². The number of piperidine rings is 1. The van der Waals surface area contributed by atoms with Crippen molar-refractivity contribution in [2.45, 2.75) is 32.1 Å². The van der Waals surface area contributed by atoms with Gasteiger partial charge in [-0.25, -0.2) is 4.98 Å². The molecule has 0 radical (unpaired) electrons. The molecule has 3 aromatic heterocycles. The van der Waals surface area contributed by atoms with E-state index >= 15 is 0 Å². The van der Waals surface area contributed by atoms with Crippen LogP contribution >= 0.6 is 0 Å². The van der Waals surface area contributed by atoms with Gasteiger partial charge in [-0.2, -0.15) is 5.10 Å². The fraction of sp³-hybridized carbons (Fsp3) is 0.296. The van der Waals surface area contributed by atoms with Crippen molar-refractivity contribution in [3.8, 4) is 11.1 Å². The smallest absolute Gasteiger partial charge is 0.276 e. The molecule has 182 valence electrons. The molecule has 2 aliphatic rings. The van der Waals surface area contributed by atoms with Crippen molar-refractivity contribution in [1.29, 1.82) is 0 Å². The zero-order valence-electron chi connectivity index (χ0n) is 19.8. The molecule has 6 rings (SSSR count). The van der Waals surface area contributed by atoms with Crippen LogP contribution < -0.4 is 15.5 Å². The van der Waals surface area contributed by atoms with Crippen molar-refractivity contribution in [1.82, 2.24) is 20.2 Å². The number of fused-ring (bicyclic) bond motifs is 1. The zero-order valence-corrected chi connectivity index (χ0v) is 19.8. The van der Waals surface area contributed by atoms with Gasteiger partial charge in [-0.3, -0.25) is 19.7 Å². The van der Waals surface area contributed by atoms with E-state index in [2.05, 4.69) is 35.7 Å². The number of nitrogens with zero attached hydrogens (tertiary/aromatic N) is 4. The third-order valence-electron chi connectivity index (χ3n) is 6.75. The van der Waals surface area contributed by atoms with Gasteiger partial charge < -0.3 is 15.5 Å². The summed E-state index contributed by atoms with van der Waals surface area (Å²) in [5.74, 6) is 0.783. The normalized spacial score (nSPS) is 15.6. The molecule has 2 amide bonds. The van der Waals surface area contributed by atoms with Crippen LogP contribution in [0.1, 0.15) is 42.6 Å². The third kappa shape index (κ3) is 4.64. The summed E-state index contributed by atoms with van der Waals surface area (Å²) < 4.78 is 0. The molecule has 0 spiro atoms. The summed E-state index contributed by atoms with van der Waals surface area (Å²) in [5, 5.41) is 13.7. The molecular weight excluding hydrogens is 454 g/mol. The summed E-state index contributed by atoms with van der Waals surface area (Å²) in [6, 6.07) is 11.5. The van der Waals surface area contributed by atoms with Crippen molar-refractivity contribution in [2.24, 2.45) is 5.92 Å². The van der Waals surface area contributed by atoms with Crippen LogP contribution in [0.25, 0.3) is 22.0 Å². The van der Waals surface area contributed by atoms with Crippen molar-refractivity contribution in [3.05, 3.63) is 60.7 Å². The van der Waals surface area contributed by atoms with E-state index in [0.717, 1.165) is 48.4 Å². The molecule has 4 heterocycles. The monoisotopic (exact) mass is 481 g/mol. The Morgan fingerprint density at radius 2 is 1.75 bits per heavy atom. The van der Waals surface area contributed by atoms with Crippen LogP contribution in [0, 0.1) is 5.92 Å². The Labute approximate surface area is 208 Å². The van der Waals surface area contributed by atoms with Gasteiger partial charge in [0.25, 0.3) is 5.91 Å². The highest BCUT2D eigenvalue weighted by atomic mass is 16.2. The van der Waals surface area contributed by atoms with Crippen LogP contribution in [0.2, 0.25) is 0 Å². The number of carbonyl (C=O) groups excluding carboxylic acids is 2. The number of nitrogens with one attached hydrogen (secondary N) is 3. The number of amides is 2. The molecule has 0 atom stereocenters. The number of carbonyl (C=O) groups is 2. The highest BCUT2D eigenvalue weighted by molar-refractivity contribution is 6.11. The average molecular weight is 482 g/mol. The largest absolute Gasteiger partial charge is 0.357 e. The predicted molar refractivity (Wildman–Crippen MR) is 139 cm³/mol. The molecule has 0 unspecified atom stereocenters. The SMILES string of the molecule is O=C(Nc1ccc(N2CCCCC2)nc1)c1n[nH]c2ccc(-c3cncc(NC(=O)C4CC4)c3)cc12. The number of pyridine rings is 2. The van der Waals surface area contributed by atoms with E-state index < -0.39 is 0 Å². The Bertz CT molecular complexity index is 1420. The van der Waals surface area contributed by atoms with Crippen LogP contribution in [0.15, 0.2) is 55.0 Å². The number of hydrogen-bond acceptors (Lipinski definition) is 6. The summed E-state index contributed by atoms with van der Waals surface area (Å²) in [6.07, 6.45) is 10.6. The Kier molecular flexibility index (Phi) is 5.80. The topological polar surface area (TPSA) is 116 Å². The summed E-state index contributed by atoms with van der Waals surface area (Å²) >= 11 is 0. The standard InChI is InChI=1S/C27H27N7O2/c35-26(17-4-5-17)31-21-12-19(14-28-15-21)18-6-8-23-22(13-18)25(33-32-23)27(36)30-20-7-9-24(29-16-20)34-10-2-1-3-11-34/h6-9,12-17H,1-5,10-11H2,(H,30,36)(H,31,35)(H,32,33). The van der Waals surface area contributed by atoms with Crippen molar-refractivity contribution in [3.63, 3.8) is 0 Å². The van der Waals surface area contributed by atoms with Gasteiger partial charge in [-0.15, -0.1) is 0 Å². The molecule has 1 aliphatic heterocycles. The quantitative estimate of drug-likeness (QED) is 0.370. The second-order valence-electron chi connectivity index (χ2n) is 9.47. The fourth-order valence-electron chi connectivity index (χ4n) is 4.58. The molecule has 36 heavy (non-hydrogen) atoms. The van der Waals surface area contributed by atoms with Crippen LogP contribution in [0.4, 0.5) is 17.2 Å². The van der Waals surface area contributed by atoms with E-state index in [1.807, 2.05) is 36.4 Å². The van der Waals surface area contributed by atoms with Gasteiger partial charge >= 0.3 is 0 Å². The zero-order chi connectivity index (χ0) is 24.5. The van der Waals surface area contributed by atoms with Gasteiger partial charge in [0.05, 0.1) is 29.3 Å². The molecule has 0 bridgehead atoms. The number of anilines is 3. The van der Waals surface area contributed by atoms with E-state index in [-0.39, 0.29) is 17.7 Å². The number of H-pyrrole nitrogens is 1. The first-order valence-corrected chi connectivity index (χ1v) is 12.4. The van der Waals surface area contributed by atoms with E-state index in [1.165, 1.54) is 19.3 Å². The van der Waals surface area contributed by atoms with Crippen molar-refractivity contribution < 1.29 is 9.59 Å². The lowest BCUT2D eigenvalue weighted by Gasteiger charge is -2.27. The van der Waals surface area contributed by atoms with Gasteiger partial charge in [-0.05, 0) is 68.0 Å². The number of hydrogen-bond donors (Lipinski definition) is 3. The van der Waals surface area contributed by atoms with Gasteiger partial charge in [0.2, 0.25) is 5.91 Å². The minimum atomic E-state index is -0.311. The Hall–Kier alpha value is -4.27. The van der Waals surface area contributed by atoms with Crippen molar-refractivity contribution >= 4 is 39.9 Å². The van der Waals surface area contributed by atoms with Crippen LogP contribution in [0.5, 0.6) is 0 Å². The number of aromatic nitrogens is 4. The van der Waals surface area contributed by atoms with E-state index in [4.69, 9.17) is 0 Å². The van der Waals surface area contributed by atoms with Crippen LogP contribution in [-0.4, -0.2) is 45.1 Å². The van der Waals surface area contributed by atoms with Crippen LogP contribution in [-0.2, 0) is 4.79 Å². The lowest BCUT2D eigenvalue weighted by molar-refractivity contribution is -0.117. The van der Waals surface area contributed by atoms with Gasteiger partial charge in [-0.1, -0.05) is 6.07 Å². The second-order valence-corrected chi connectivity index (χ2v) is 9.47. The number of benzene rings is 1. The van der Waals surface area contributed by atoms with Crippen LogP contribution in [0.3, 0.4) is 0 Å². The third-order valence-corrected chi connectivity index (χ3v) is 6.75. The molecule has 9 nitrogen and oxygen atoms in total. The van der Waals surface area contributed by atoms with E-state index in [1.54, 1.807) is 18.6 Å². The fourth-order valence-corrected chi connectivity index (χ4v) is 4.58. The highest BCUT2D eigenvalue weighted by Crippen LogP contribution is 2.31. The number of rotatable bonds is 6. The molecule has 3 N–H and O–H groups in total.